The quantitative estimate of drug-likeness (QED) is 0.914. The number of nitrogens with zero attached hydrogens (tertiary/aromatic N) is 1. The van der Waals surface area contributed by atoms with Crippen LogP contribution >= 0.6 is 0 Å². The first-order valence-electron chi connectivity index (χ1n) is 7.37. The summed E-state index contributed by atoms with van der Waals surface area (Å²) in [5.41, 5.74) is 0.494. The van der Waals surface area contributed by atoms with Gasteiger partial charge in [0.25, 0.3) is 5.91 Å². The Morgan fingerprint density at radius 3 is 2.55 bits per heavy atom. The molecule has 6 heteroatoms. The first-order chi connectivity index (χ1) is 10.6. The van der Waals surface area contributed by atoms with Gasteiger partial charge in [0.05, 0.1) is 14.2 Å². The molecule has 0 aliphatic carbocycles. The second-order valence-electron chi connectivity index (χ2n) is 5.19. The van der Waals surface area contributed by atoms with Crippen LogP contribution in [0.2, 0.25) is 0 Å². The summed E-state index contributed by atoms with van der Waals surface area (Å²) in [6.07, 6.45) is 2.55. The van der Waals surface area contributed by atoms with Gasteiger partial charge in [-0.1, -0.05) is 0 Å². The normalized spacial score (nSPS) is 17.8. The van der Waals surface area contributed by atoms with Crippen LogP contribution in [-0.2, 0) is 4.79 Å². The minimum atomic E-state index is -0.403. The zero-order chi connectivity index (χ0) is 16.1. The molecular weight excluding hydrogens is 284 g/mol. The number of benzene rings is 1. The molecule has 22 heavy (non-hydrogen) atoms. The fraction of sp³-hybridized carbons (Fsp3) is 0.500. The Morgan fingerprint density at radius 1 is 1.18 bits per heavy atom. The van der Waals surface area contributed by atoms with Crippen LogP contribution < -0.4 is 14.8 Å². The van der Waals surface area contributed by atoms with Crippen molar-refractivity contribution in [1.82, 2.24) is 10.2 Å². The summed E-state index contributed by atoms with van der Waals surface area (Å²) < 4.78 is 10.4. The van der Waals surface area contributed by atoms with E-state index in [-0.39, 0.29) is 11.8 Å². The van der Waals surface area contributed by atoms with E-state index in [0.717, 1.165) is 12.8 Å². The second kappa shape index (κ2) is 7.15. The van der Waals surface area contributed by atoms with Gasteiger partial charge in [-0.05, 0) is 37.5 Å². The van der Waals surface area contributed by atoms with E-state index in [2.05, 4.69) is 5.32 Å². The number of likely N-dealkylation sites (tertiary alicyclic amines) is 1. The van der Waals surface area contributed by atoms with Gasteiger partial charge in [-0.25, -0.2) is 0 Å². The molecule has 1 saturated heterocycles. The molecule has 0 bridgehead atoms. The Hall–Kier alpha value is -2.24. The Kier molecular flexibility index (Phi) is 5.25. The number of rotatable bonds is 4. The van der Waals surface area contributed by atoms with Crippen molar-refractivity contribution in [3.63, 3.8) is 0 Å². The number of hydrogen-bond donors (Lipinski definition) is 1. The molecule has 1 aliphatic heterocycles. The van der Waals surface area contributed by atoms with E-state index >= 15 is 0 Å². The lowest BCUT2D eigenvalue weighted by Gasteiger charge is -2.34. The highest BCUT2D eigenvalue weighted by Gasteiger charge is 2.32. The third kappa shape index (κ3) is 3.16. The Labute approximate surface area is 130 Å². The van der Waals surface area contributed by atoms with Crippen molar-refractivity contribution in [3.8, 4) is 11.5 Å². The average molecular weight is 306 g/mol. The van der Waals surface area contributed by atoms with Gasteiger partial charge in [0.1, 0.15) is 6.04 Å². The van der Waals surface area contributed by atoms with E-state index in [1.807, 2.05) is 0 Å². The maximum atomic E-state index is 12.7. The Balaban J connectivity index is 2.27. The molecule has 0 aromatic heterocycles. The van der Waals surface area contributed by atoms with E-state index in [1.165, 1.54) is 7.11 Å². The highest BCUT2D eigenvalue weighted by molar-refractivity contribution is 5.98. The lowest BCUT2D eigenvalue weighted by molar-refractivity contribution is -0.126. The van der Waals surface area contributed by atoms with E-state index < -0.39 is 6.04 Å². The molecule has 1 aromatic carbocycles. The second-order valence-corrected chi connectivity index (χ2v) is 5.19. The molecule has 0 radical (unpaired) electrons. The maximum absolute atomic E-state index is 12.7. The summed E-state index contributed by atoms with van der Waals surface area (Å²) in [5, 5.41) is 2.63. The number of nitrogens with one attached hydrogen (secondary N) is 1. The molecule has 2 rings (SSSR count). The summed E-state index contributed by atoms with van der Waals surface area (Å²) >= 11 is 0. The van der Waals surface area contributed by atoms with Crippen LogP contribution in [0.1, 0.15) is 29.6 Å². The van der Waals surface area contributed by atoms with Crippen LogP contribution in [-0.4, -0.2) is 50.6 Å². The van der Waals surface area contributed by atoms with Crippen molar-refractivity contribution in [2.45, 2.75) is 25.3 Å². The number of methoxy groups -OCH3 is 2. The van der Waals surface area contributed by atoms with Gasteiger partial charge in [0.15, 0.2) is 11.5 Å². The summed E-state index contributed by atoms with van der Waals surface area (Å²) in [5.74, 6) is 0.796. The minimum absolute atomic E-state index is 0.117. The molecule has 2 amide bonds. The van der Waals surface area contributed by atoms with Crippen LogP contribution in [0.25, 0.3) is 0 Å². The summed E-state index contributed by atoms with van der Waals surface area (Å²) in [7, 11) is 4.67. The van der Waals surface area contributed by atoms with Crippen molar-refractivity contribution in [2.24, 2.45) is 0 Å². The number of amides is 2. The highest BCUT2D eigenvalue weighted by Crippen LogP contribution is 2.29. The number of piperidine rings is 1. The monoisotopic (exact) mass is 306 g/mol. The van der Waals surface area contributed by atoms with Crippen molar-refractivity contribution in [3.05, 3.63) is 23.8 Å². The lowest BCUT2D eigenvalue weighted by Crippen LogP contribution is -2.51. The van der Waals surface area contributed by atoms with Crippen LogP contribution in [0, 0.1) is 0 Å². The predicted molar refractivity (Wildman–Crippen MR) is 82.3 cm³/mol. The molecule has 6 nitrogen and oxygen atoms in total. The molecular formula is C16H22N2O4. The third-order valence-corrected chi connectivity index (χ3v) is 3.94. The van der Waals surface area contributed by atoms with Gasteiger partial charge in [-0.2, -0.15) is 0 Å². The molecule has 1 N–H and O–H groups in total. The number of ether oxygens (including phenoxy) is 2. The zero-order valence-electron chi connectivity index (χ0n) is 13.2. The third-order valence-electron chi connectivity index (χ3n) is 3.94. The van der Waals surface area contributed by atoms with Crippen LogP contribution in [0.4, 0.5) is 0 Å². The predicted octanol–water partition coefficient (Wildman–Crippen LogP) is 1.44. The van der Waals surface area contributed by atoms with Crippen LogP contribution in [0.5, 0.6) is 11.5 Å². The topological polar surface area (TPSA) is 67.9 Å². The molecule has 1 fully saturated rings. The number of carbonyl (C=O) groups is 2. The van der Waals surface area contributed by atoms with E-state index in [0.29, 0.717) is 30.0 Å². The van der Waals surface area contributed by atoms with Crippen LogP contribution in [0.3, 0.4) is 0 Å². The van der Waals surface area contributed by atoms with E-state index in [1.54, 1.807) is 37.3 Å². The molecule has 0 spiro atoms. The highest BCUT2D eigenvalue weighted by atomic mass is 16.5. The summed E-state index contributed by atoms with van der Waals surface area (Å²) in [4.78, 5) is 26.4. The van der Waals surface area contributed by atoms with Gasteiger partial charge < -0.3 is 19.7 Å². The number of hydrogen-bond acceptors (Lipinski definition) is 4. The smallest absolute Gasteiger partial charge is 0.254 e. The fourth-order valence-corrected chi connectivity index (χ4v) is 2.75. The summed E-state index contributed by atoms with van der Waals surface area (Å²) in [6, 6.07) is 4.64. The van der Waals surface area contributed by atoms with Crippen molar-refractivity contribution in [1.29, 1.82) is 0 Å². The Bertz CT molecular complexity index is 559. The molecule has 1 atom stereocenters. The van der Waals surface area contributed by atoms with E-state index in [4.69, 9.17) is 9.47 Å². The molecule has 1 aromatic rings. The van der Waals surface area contributed by atoms with Gasteiger partial charge in [-0.15, -0.1) is 0 Å². The largest absolute Gasteiger partial charge is 0.493 e. The molecule has 1 aliphatic rings. The fourth-order valence-electron chi connectivity index (χ4n) is 2.75. The van der Waals surface area contributed by atoms with Crippen molar-refractivity contribution < 1.29 is 19.1 Å². The minimum Gasteiger partial charge on any atom is -0.493 e. The number of likely N-dealkylation sites (N-methyl/N-ethyl adjacent to an activating group) is 1. The van der Waals surface area contributed by atoms with Gasteiger partial charge in [-0.3, -0.25) is 9.59 Å². The molecule has 1 heterocycles. The SMILES string of the molecule is CNC(=O)[C@H]1CCCCN1C(=O)c1ccc(OC)c(OC)c1. The van der Waals surface area contributed by atoms with Gasteiger partial charge >= 0.3 is 0 Å². The molecule has 0 saturated carbocycles. The van der Waals surface area contributed by atoms with Crippen molar-refractivity contribution >= 4 is 11.8 Å². The summed E-state index contributed by atoms with van der Waals surface area (Å²) in [6.45, 7) is 0.589. The Morgan fingerprint density at radius 2 is 1.91 bits per heavy atom. The lowest BCUT2D eigenvalue weighted by atomic mass is 10.00. The van der Waals surface area contributed by atoms with Gasteiger partial charge in [0.2, 0.25) is 5.91 Å². The standard InChI is InChI=1S/C16H22N2O4/c1-17-15(19)12-6-4-5-9-18(12)16(20)11-7-8-13(21-2)14(10-11)22-3/h7-8,10,12H,4-6,9H2,1-3H3,(H,17,19)/t12-/m1/s1. The van der Waals surface area contributed by atoms with Crippen LogP contribution in [0.15, 0.2) is 18.2 Å². The molecule has 0 unspecified atom stereocenters. The van der Waals surface area contributed by atoms with Crippen molar-refractivity contribution in [2.75, 3.05) is 27.8 Å². The maximum Gasteiger partial charge on any atom is 0.254 e. The molecule has 120 valence electrons. The first kappa shape index (κ1) is 16.1. The first-order valence-corrected chi connectivity index (χ1v) is 7.37. The zero-order valence-corrected chi connectivity index (χ0v) is 13.2. The van der Waals surface area contributed by atoms with Gasteiger partial charge in [0, 0.05) is 19.2 Å². The number of carbonyl (C=O) groups excluding carboxylic acids is 2. The average Bonchev–Trinajstić information content (AvgIpc) is 2.59. The van der Waals surface area contributed by atoms with E-state index in [9.17, 15) is 9.59 Å².